The zero-order valence-corrected chi connectivity index (χ0v) is 13.7. The van der Waals surface area contributed by atoms with E-state index in [1.54, 1.807) is 0 Å². The molecule has 2 rings (SSSR count). The molecule has 1 aromatic rings. The van der Waals surface area contributed by atoms with Crippen LogP contribution in [0.25, 0.3) is 0 Å². The van der Waals surface area contributed by atoms with Crippen molar-refractivity contribution in [2.75, 3.05) is 6.54 Å². The van der Waals surface area contributed by atoms with Crippen molar-refractivity contribution in [3.63, 3.8) is 0 Å². The highest BCUT2D eigenvalue weighted by molar-refractivity contribution is 5.25. The summed E-state index contributed by atoms with van der Waals surface area (Å²) in [6, 6.07) is 0.538. The van der Waals surface area contributed by atoms with E-state index in [1.807, 2.05) is 0 Å². The fourth-order valence-electron chi connectivity index (χ4n) is 3.24. The average molecular weight is 275 g/mol. The van der Waals surface area contributed by atoms with Crippen molar-refractivity contribution in [2.45, 2.75) is 72.3 Å². The van der Waals surface area contributed by atoms with E-state index >= 15 is 0 Å². The zero-order valence-electron chi connectivity index (χ0n) is 13.7. The Balaban J connectivity index is 2.08. The monoisotopic (exact) mass is 275 g/mol. The number of rotatable bonds is 5. The average Bonchev–Trinajstić information content (AvgIpc) is 2.79. The molecular weight excluding hydrogens is 246 g/mol. The van der Waals surface area contributed by atoms with Crippen molar-refractivity contribution in [2.24, 2.45) is 5.92 Å². The van der Waals surface area contributed by atoms with E-state index < -0.39 is 0 Å². The van der Waals surface area contributed by atoms with Crippen LogP contribution in [0.1, 0.15) is 68.7 Å². The fourth-order valence-corrected chi connectivity index (χ4v) is 3.24. The summed E-state index contributed by atoms with van der Waals surface area (Å²) in [5.41, 5.74) is 3.68. The van der Waals surface area contributed by atoms with E-state index in [0.29, 0.717) is 12.0 Å². The van der Waals surface area contributed by atoms with Gasteiger partial charge in [0.05, 0.1) is 0 Å². The molecule has 0 saturated heterocycles. The normalized spacial score (nSPS) is 22.7. The summed E-state index contributed by atoms with van der Waals surface area (Å²) in [5, 5.41) is 3.47. The molecule has 2 atom stereocenters. The van der Waals surface area contributed by atoms with Gasteiger partial charge in [-0.1, -0.05) is 20.8 Å². The standard InChI is InChI=1S/C17H29N3/c1-11(2)18-9-8-16-13(4)19-17(20-14(16)5)15-7-6-12(3)10-15/h11-12,15,18H,6-10H2,1-5H3. The van der Waals surface area contributed by atoms with Gasteiger partial charge in [0.2, 0.25) is 0 Å². The van der Waals surface area contributed by atoms with Crippen molar-refractivity contribution >= 4 is 0 Å². The van der Waals surface area contributed by atoms with Gasteiger partial charge in [-0.25, -0.2) is 9.97 Å². The molecule has 0 amide bonds. The summed E-state index contributed by atoms with van der Waals surface area (Å²) in [6.45, 7) is 12.0. The molecule has 1 heterocycles. The first-order chi connectivity index (χ1) is 9.47. The molecule has 1 aliphatic carbocycles. The predicted molar refractivity (Wildman–Crippen MR) is 84.1 cm³/mol. The maximum absolute atomic E-state index is 4.81. The van der Waals surface area contributed by atoms with Crippen molar-refractivity contribution in [1.82, 2.24) is 15.3 Å². The molecule has 1 aromatic heterocycles. The highest BCUT2D eigenvalue weighted by Gasteiger charge is 2.25. The number of nitrogens with one attached hydrogen (secondary N) is 1. The molecule has 3 nitrogen and oxygen atoms in total. The Morgan fingerprint density at radius 1 is 1.15 bits per heavy atom. The number of hydrogen-bond acceptors (Lipinski definition) is 3. The van der Waals surface area contributed by atoms with E-state index in [4.69, 9.17) is 9.97 Å². The molecule has 0 bridgehead atoms. The fraction of sp³-hybridized carbons (Fsp3) is 0.765. The quantitative estimate of drug-likeness (QED) is 0.893. The number of hydrogen-bond donors (Lipinski definition) is 1. The molecule has 0 radical (unpaired) electrons. The minimum atomic E-state index is 0.538. The summed E-state index contributed by atoms with van der Waals surface area (Å²) in [7, 11) is 0. The Morgan fingerprint density at radius 3 is 2.30 bits per heavy atom. The van der Waals surface area contributed by atoms with Gasteiger partial charge < -0.3 is 5.32 Å². The van der Waals surface area contributed by atoms with Crippen LogP contribution in [-0.2, 0) is 6.42 Å². The van der Waals surface area contributed by atoms with Gasteiger partial charge in [-0.3, -0.25) is 0 Å². The van der Waals surface area contributed by atoms with Gasteiger partial charge in [0, 0.05) is 23.3 Å². The topological polar surface area (TPSA) is 37.8 Å². The van der Waals surface area contributed by atoms with E-state index in [1.165, 1.54) is 36.2 Å². The molecule has 0 aromatic carbocycles. The Bertz CT molecular complexity index is 431. The minimum Gasteiger partial charge on any atom is -0.314 e. The smallest absolute Gasteiger partial charge is 0.131 e. The second-order valence-electron chi connectivity index (χ2n) is 6.71. The van der Waals surface area contributed by atoms with Crippen LogP contribution in [0.4, 0.5) is 0 Å². The first-order valence-corrected chi connectivity index (χ1v) is 8.04. The lowest BCUT2D eigenvalue weighted by Gasteiger charge is -2.15. The Hall–Kier alpha value is -0.960. The lowest BCUT2D eigenvalue weighted by molar-refractivity contribution is 0.576. The van der Waals surface area contributed by atoms with Crippen molar-refractivity contribution in [3.05, 3.63) is 22.8 Å². The van der Waals surface area contributed by atoms with Crippen LogP contribution in [0, 0.1) is 19.8 Å². The summed E-state index contributed by atoms with van der Waals surface area (Å²) in [4.78, 5) is 9.62. The first-order valence-electron chi connectivity index (χ1n) is 8.04. The summed E-state index contributed by atoms with van der Waals surface area (Å²) in [5.74, 6) is 2.51. The molecule has 0 aliphatic heterocycles. The lowest BCUT2D eigenvalue weighted by Crippen LogP contribution is -2.25. The van der Waals surface area contributed by atoms with E-state index in [0.717, 1.165) is 24.7 Å². The van der Waals surface area contributed by atoms with Gasteiger partial charge in [-0.05, 0) is 57.6 Å². The minimum absolute atomic E-state index is 0.538. The Kier molecular flexibility index (Phi) is 5.14. The van der Waals surface area contributed by atoms with E-state index in [2.05, 4.69) is 39.9 Å². The van der Waals surface area contributed by atoms with Crippen LogP contribution in [0.15, 0.2) is 0 Å². The molecule has 1 fully saturated rings. The molecule has 0 spiro atoms. The number of aryl methyl sites for hydroxylation is 2. The van der Waals surface area contributed by atoms with E-state index in [9.17, 15) is 0 Å². The van der Waals surface area contributed by atoms with Crippen LogP contribution in [-0.4, -0.2) is 22.6 Å². The molecule has 3 heteroatoms. The lowest BCUT2D eigenvalue weighted by atomic mass is 10.0. The van der Waals surface area contributed by atoms with Crippen molar-refractivity contribution in [3.8, 4) is 0 Å². The van der Waals surface area contributed by atoms with Crippen LogP contribution in [0.5, 0.6) is 0 Å². The van der Waals surface area contributed by atoms with Gasteiger partial charge >= 0.3 is 0 Å². The number of nitrogens with zero attached hydrogens (tertiary/aromatic N) is 2. The highest BCUT2D eigenvalue weighted by atomic mass is 14.9. The highest BCUT2D eigenvalue weighted by Crippen LogP contribution is 2.36. The third-order valence-electron chi connectivity index (χ3n) is 4.43. The molecule has 2 unspecified atom stereocenters. The molecular formula is C17H29N3. The second-order valence-corrected chi connectivity index (χ2v) is 6.71. The summed E-state index contributed by atoms with van der Waals surface area (Å²) >= 11 is 0. The summed E-state index contributed by atoms with van der Waals surface area (Å²) in [6.07, 6.45) is 4.87. The third kappa shape index (κ3) is 3.78. The van der Waals surface area contributed by atoms with Crippen LogP contribution >= 0.6 is 0 Å². The van der Waals surface area contributed by atoms with Crippen LogP contribution < -0.4 is 5.32 Å². The third-order valence-corrected chi connectivity index (χ3v) is 4.43. The van der Waals surface area contributed by atoms with Gasteiger partial charge in [0.1, 0.15) is 5.82 Å². The van der Waals surface area contributed by atoms with Crippen LogP contribution in [0.2, 0.25) is 0 Å². The predicted octanol–water partition coefficient (Wildman–Crippen LogP) is 3.54. The Labute approximate surface area is 123 Å². The van der Waals surface area contributed by atoms with E-state index in [-0.39, 0.29) is 0 Å². The van der Waals surface area contributed by atoms with Gasteiger partial charge in [-0.15, -0.1) is 0 Å². The van der Waals surface area contributed by atoms with Crippen LogP contribution in [0.3, 0.4) is 0 Å². The second kappa shape index (κ2) is 6.66. The molecule has 20 heavy (non-hydrogen) atoms. The van der Waals surface area contributed by atoms with Gasteiger partial charge in [0.15, 0.2) is 0 Å². The van der Waals surface area contributed by atoms with Crippen molar-refractivity contribution in [1.29, 1.82) is 0 Å². The van der Waals surface area contributed by atoms with Crippen molar-refractivity contribution < 1.29 is 0 Å². The first kappa shape index (κ1) is 15.4. The Morgan fingerprint density at radius 2 is 1.80 bits per heavy atom. The molecule has 1 N–H and O–H groups in total. The largest absolute Gasteiger partial charge is 0.314 e. The molecule has 1 saturated carbocycles. The maximum Gasteiger partial charge on any atom is 0.131 e. The molecule has 112 valence electrons. The maximum atomic E-state index is 4.81. The SMILES string of the molecule is Cc1nc(C2CCC(C)C2)nc(C)c1CCNC(C)C. The van der Waals surface area contributed by atoms with Gasteiger partial charge in [0.25, 0.3) is 0 Å². The molecule has 1 aliphatic rings. The number of aromatic nitrogens is 2. The van der Waals surface area contributed by atoms with Gasteiger partial charge in [-0.2, -0.15) is 0 Å². The zero-order chi connectivity index (χ0) is 14.7. The summed E-state index contributed by atoms with van der Waals surface area (Å²) < 4.78 is 0.